The lowest BCUT2D eigenvalue weighted by molar-refractivity contribution is -0.140. The Bertz CT molecular complexity index is 503. The number of hydrogen-bond acceptors (Lipinski definition) is 4. The van der Waals surface area contributed by atoms with Crippen LogP contribution in [-0.4, -0.2) is 17.3 Å². The summed E-state index contributed by atoms with van der Waals surface area (Å²) in [6.45, 7) is 0. The molecule has 2 rings (SSSR count). The van der Waals surface area contributed by atoms with E-state index >= 15 is 0 Å². The summed E-state index contributed by atoms with van der Waals surface area (Å²) in [5, 5.41) is 2.92. The standard InChI is InChI=1S/C15H15NO3/c17-12-7-4-8-13(18)15(12)14(19)9-10-16-11-5-2-1-3-6-11/h1-3,5-6,9-10,15-16H,4,7-8H2/b10-9-. The lowest BCUT2D eigenvalue weighted by Gasteiger charge is -2.16. The Morgan fingerprint density at radius 2 is 1.74 bits per heavy atom. The monoisotopic (exact) mass is 257 g/mol. The third-order valence-electron chi connectivity index (χ3n) is 3.05. The Kier molecular flexibility index (Phi) is 4.23. The van der Waals surface area contributed by atoms with Gasteiger partial charge in [-0.05, 0) is 24.6 Å². The molecule has 98 valence electrons. The number of carbonyl (C=O) groups is 3. The Morgan fingerprint density at radius 3 is 2.37 bits per heavy atom. The molecule has 1 aliphatic rings. The highest BCUT2D eigenvalue weighted by Gasteiger charge is 2.34. The minimum absolute atomic E-state index is 0.259. The molecule has 0 aromatic heterocycles. The van der Waals surface area contributed by atoms with Crippen molar-refractivity contribution in [2.45, 2.75) is 19.3 Å². The Morgan fingerprint density at radius 1 is 1.11 bits per heavy atom. The van der Waals surface area contributed by atoms with E-state index in [2.05, 4.69) is 5.32 Å². The molecule has 0 aliphatic heterocycles. The molecule has 0 radical (unpaired) electrons. The van der Waals surface area contributed by atoms with Crippen LogP contribution in [0.3, 0.4) is 0 Å². The van der Waals surface area contributed by atoms with E-state index in [4.69, 9.17) is 0 Å². The van der Waals surface area contributed by atoms with Crippen LogP contribution in [0.15, 0.2) is 42.6 Å². The molecule has 1 aliphatic carbocycles. The molecule has 4 heteroatoms. The molecule has 0 amide bonds. The largest absolute Gasteiger partial charge is 0.362 e. The van der Waals surface area contributed by atoms with Crippen molar-refractivity contribution in [1.82, 2.24) is 0 Å². The lowest BCUT2D eigenvalue weighted by Crippen LogP contribution is -2.34. The van der Waals surface area contributed by atoms with Gasteiger partial charge in [-0.3, -0.25) is 14.4 Å². The van der Waals surface area contributed by atoms with E-state index in [0.29, 0.717) is 19.3 Å². The van der Waals surface area contributed by atoms with Gasteiger partial charge in [0, 0.05) is 24.7 Å². The van der Waals surface area contributed by atoms with E-state index in [1.807, 2.05) is 30.3 Å². The van der Waals surface area contributed by atoms with Crippen molar-refractivity contribution in [2.24, 2.45) is 5.92 Å². The van der Waals surface area contributed by atoms with E-state index in [-0.39, 0.29) is 11.6 Å². The van der Waals surface area contributed by atoms with Gasteiger partial charge in [0.15, 0.2) is 17.3 Å². The predicted molar refractivity (Wildman–Crippen MR) is 71.6 cm³/mol. The quantitative estimate of drug-likeness (QED) is 0.663. The SMILES string of the molecule is O=C(/C=C\Nc1ccccc1)C1C(=O)CCCC1=O. The second kappa shape index (κ2) is 6.09. The lowest BCUT2D eigenvalue weighted by atomic mass is 9.84. The van der Waals surface area contributed by atoms with Crippen molar-refractivity contribution in [2.75, 3.05) is 5.32 Å². The van der Waals surface area contributed by atoms with Crippen molar-refractivity contribution >= 4 is 23.0 Å². The van der Waals surface area contributed by atoms with Gasteiger partial charge in [0.1, 0.15) is 5.92 Å². The maximum atomic E-state index is 11.8. The van der Waals surface area contributed by atoms with Crippen molar-refractivity contribution in [3.8, 4) is 0 Å². The van der Waals surface area contributed by atoms with Crippen LogP contribution in [-0.2, 0) is 14.4 Å². The number of hydrogen-bond donors (Lipinski definition) is 1. The molecule has 1 aromatic carbocycles. The van der Waals surface area contributed by atoms with Gasteiger partial charge >= 0.3 is 0 Å². The van der Waals surface area contributed by atoms with Gasteiger partial charge in [0.2, 0.25) is 0 Å². The van der Waals surface area contributed by atoms with Crippen molar-refractivity contribution in [1.29, 1.82) is 0 Å². The fraction of sp³-hybridized carbons (Fsp3) is 0.267. The maximum absolute atomic E-state index is 11.8. The zero-order valence-corrected chi connectivity index (χ0v) is 10.5. The number of para-hydroxylation sites is 1. The predicted octanol–water partition coefficient (Wildman–Crippen LogP) is 2.12. The van der Waals surface area contributed by atoms with E-state index in [0.717, 1.165) is 5.69 Å². The molecule has 1 fully saturated rings. The molecule has 0 saturated heterocycles. The van der Waals surface area contributed by atoms with Crippen molar-refractivity contribution in [3.63, 3.8) is 0 Å². The van der Waals surface area contributed by atoms with Crippen LogP contribution in [0.2, 0.25) is 0 Å². The van der Waals surface area contributed by atoms with Crippen LogP contribution in [0.1, 0.15) is 19.3 Å². The molecule has 0 spiro atoms. The number of Topliss-reactive ketones (excluding diaryl/α,β-unsaturated/α-hetero) is 2. The van der Waals surface area contributed by atoms with Crippen molar-refractivity contribution < 1.29 is 14.4 Å². The number of ketones is 3. The highest BCUT2D eigenvalue weighted by atomic mass is 16.2. The van der Waals surface area contributed by atoms with Gasteiger partial charge in [-0.25, -0.2) is 0 Å². The van der Waals surface area contributed by atoms with Gasteiger partial charge in [-0.2, -0.15) is 0 Å². The number of rotatable bonds is 4. The third kappa shape index (κ3) is 3.37. The molecule has 0 bridgehead atoms. The summed E-state index contributed by atoms with van der Waals surface area (Å²) >= 11 is 0. The first kappa shape index (κ1) is 13.2. The molecular weight excluding hydrogens is 242 g/mol. The molecular formula is C15H15NO3. The smallest absolute Gasteiger partial charge is 0.175 e. The normalized spacial score (nSPS) is 16.8. The van der Waals surface area contributed by atoms with E-state index in [9.17, 15) is 14.4 Å². The van der Waals surface area contributed by atoms with Gasteiger partial charge in [0.25, 0.3) is 0 Å². The second-order valence-electron chi connectivity index (χ2n) is 4.47. The first-order chi connectivity index (χ1) is 9.18. The van der Waals surface area contributed by atoms with Gasteiger partial charge in [0.05, 0.1) is 0 Å². The number of anilines is 1. The highest BCUT2D eigenvalue weighted by Crippen LogP contribution is 2.18. The molecule has 1 N–H and O–H groups in total. The summed E-state index contributed by atoms with van der Waals surface area (Å²) in [6.07, 6.45) is 3.93. The van der Waals surface area contributed by atoms with E-state index < -0.39 is 11.7 Å². The average Bonchev–Trinajstić information content (AvgIpc) is 2.40. The van der Waals surface area contributed by atoms with Gasteiger partial charge in [-0.1, -0.05) is 18.2 Å². The van der Waals surface area contributed by atoms with Crippen LogP contribution in [0, 0.1) is 5.92 Å². The summed E-state index contributed by atoms with van der Waals surface area (Å²) in [5.41, 5.74) is 0.841. The van der Waals surface area contributed by atoms with Crippen LogP contribution >= 0.6 is 0 Å². The minimum atomic E-state index is -1.08. The topological polar surface area (TPSA) is 63.2 Å². The van der Waals surface area contributed by atoms with Crippen molar-refractivity contribution in [3.05, 3.63) is 42.6 Å². The molecule has 0 heterocycles. The average molecular weight is 257 g/mol. The van der Waals surface area contributed by atoms with E-state index in [1.165, 1.54) is 12.3 Å². The first-order valence-corrected chi connectivity index (χ1v) is 6.26. The summed E-state index contributed by atoms with van der Waals surface area (Å²) in [5.74, 6) is -2.03. The fourth-order valence-corrected chi connectivity index (χ4v) is 2.07. The van der Waals surface area contributed by atoms with E-state index in [1.54, 1.807) is 0 Å². The highest BCUT2D eigenvalue weighted by molar-refractivity contribution is 6.23. The second-order valence-corrected chi connectivity index (χ2v) is 4.47. The first-order valence-electron chi connectivity index (χ1n) is 6.26. The number of benzene rings is 1. The molecule has 1 aromatic rings. The summed E-state index contributed by atoms with van der Waals surface area (Å²) in [7, 11) is 0. The van der Waals surface area contributed by atoms with Crippen LogP contribution < -0.4 is 5.32 Å². The third-order valence-corrected chi connectivity index (χ3v) is 3.05. The summed E-state index contributed by atoms with van der Waals surface area (Å²) in [6, 6.07) is 9.33. The maximum Gasteiger partial charge on any atom is 0.175 e. The molecule has 0 unspecified atom stereocenters. The number of carbonyl (C=O) groups excluding carboxylic acids is 3. The number of nitrogens with one attached hydrogen (secondary N) is 1. The molecule has 19 heavy (non-hydrogen) atoms. The zero-order valence-electron chi connectivity index (χ0n) is 10.5. The summed E-state index contributed by atoms with van der Waals surface area (Å²) < 4.78 is 0. The van der Waals surface area contributed by atoms with Crippen LogP contribution in [0.5, 0.6) is 0 Å². The molecule has 4 nitrogen and oxygen atoms in total. The summed E-state index contributed by atoms with van der Waals surface area (Å²) in [4.78, 5) is 35.0. The molecule has 0 atom stereocenters. The Labute approximate surface area is 111 Å². The Balaban J connectivity index is 1.96. The fourth-order valence-electron chi connectivity index (χ4n) is 2.07. The zero-order chi connectivity index (χ0) is 13.7. The minimum Gasteiger partial charge on any atom is -0.362 e. The van der Waals surface area contributed by atoms with Crippen LogP contribution in [0.4, 0.5) is 5.69 Å². The van der Waals surface area contributed by atoms with Crippen LogP contribution in [0.25, 0.3) is 0 Å². The van der Waals surface area contributed by atoms with Gasteiger partial charge in [-0.15, -0.1) is 0 Å². The molecule has 1 saturated carbocycles. The Hall–Kier alpha value is -2.23. The van der Waals surface area contributed by atoms with Gasteiger partial charge < -0.3 is 5.32 Å². The number of allylic oxidation sites excluding steroid dienone is 1.